The first-order valence-electron chi connectivity index (χ1n) is 6.68. The molecular formula is C12H19N5O3. The molecule has 20 heavy (non-hydrogen) atoms. The van der Waals surface area contributed by atoms with E-state index < -0.39 is 11.2 Å². The molecule has 0 spiro atoms. The van der Waals surface area contributed by atoms with Gasteiger partial charge in [0, 0.05) is 12.6 Å². The first-order valence-corrected chi connectivity index (χ1v) is 6.68. The van der Waals surface area contributed by atoms with E-state index in [1.165, 1.54) is 4.57 Å². The Bertz CT molecular complexity index is 614. The van der Waals surface area contributed by atoms with Crippen LogP contribution in [0.3, 0.4) is 0 Å². The Labute approximate surface area is 115 Å². The number of carbonyl (C=O) groups is 1. The highest BCUT2D eigenvalue weighted by Crippen LogP contribution is 2.18. The van der Waals surface area contributed by atoms with Gasteiger partial charge in [-0.25, -0.2) is 4.79 Å². The number of hydrogen-bond acceptors (Lipinski definition) is 5. The molecule has 110 valence electrons. The van der Waals surface area contributed by atoms with Crippen LogP contribution in [0.25, 0.3) is 0 Å². The zero-order chi connectivity index (χ0) is 14.7. The summed E-state index contributed by atoms with van der Waals surface area (Å²) in [4.78, 5) is 37.1. The molecule has 0 aliphatic heterocycles. The van der Waals surface area contributed by atoms with Crippen molar-refractivity contribution in [2.45, 2.75) is 38.8 Å². The fourth-order valence-corrected chi connectivity index (χ4v) is 1.88. The Morgan fingerprint density at radius 1 is 1.45 bits per heavy atom. The highest BCUT2D eigenvalue weighted by atomic mass is 16.2. The topological polar surface area (TPSA) is 122 Å². The lowest BCUT2D eigenvalue weighted by Crippen LogP contribution is -2.37. The van der Waals surface area contributed by atoms with Crippen LogP contribution in [0.4, 0.5) is 11.5 Å². The second kappa shape index (κ2) is 5.81. The predicted octanol–water partition coefficient (Wildman–Crippen LogP) is -0.781. The van der Waals surface area contributed by atoms with Crippen molar-refractivity contribution in [3.8, 4) is 0 Å². The van der Waals surface area contributed by atoms with Crippen molar-refractivity contribution in [1.82, 2.24) is 14.9 Å². The van der Waals surface area contributed by atoms with Gasteiger partial charge in [-0.05, 0) is 19.3 Å². The van der Waals surface area contributed by atoms with Gasteiger partial charge in [0.15, 0.2) is 0 Å². The highest BCUT2D eigenvalue weighted by Gasteiger charge is 2.23. The van der Waals surface area contributed by atoms with E-state index in [1.54, 1.807) is 0 Å². The largest absolute Gasteiger partial charge is 0.383 e. The number of amides is 1. The number of nitrogens with one attached hydrogen (secondary N) is 3. The number of anilines is 2. The average molecular weight is 281 g/mol. The Balaban J connectivity index is 2.13. The number of carbonyl (C=O) groups excluding carboxylic acids is 1. The van der Waals surface area contributed by atoms with Crippen molar-refractivity contribution >= 4 is 17.4 Å². The average Bonchev–Trinajstić information content (AvgIpc) is 3.18. The fourth-order valence-electron chi connectivity index (χ4n) is 1.88. The van der Waals surface area contributed by atoms with Gasteiger partial charge in [-0.3, -0.25) is 19.1 Å². The van der Waals surface area contributed by atoms with Crippen LogP contribution >= 0.6 is 0 Å². The Kier molecular flexibility index (Phi) is 4.11. The summed E-state index contributed by atoms with van der Waals surface area (Å²) in [5.74, 6) is -0.139. The third kappa shape index (κ3) is 3.19. The predicted molar refractivity (Wildman–Crippen MR) is 75.7 cm³/mol. The van der Waals surface area contributed by atoms with Gasteiger partial charge in [0.1, 0.15) is 11.5 Å². The second-order valence-electron chi connectivity index (χ2n) is 4.87. The molecule has 0 unspecified atom stereocenters. The van der Waals surface area contributed by atoms with E-state index in [4.69, 9.17) is 5.73 Å². The van der Waals surface area contributed by atoms with Crippen molar-refractivity contribution in [3.63, 3.8) is 0 Å². The molecule has 8 heteroatoms. The lowest BCUT2D eigenvalue weighted by molar-refractivity contribution is -0.119. The van der Waals surface area contributed by atoms with Gasteiger partial charge < -0.3 is 16.4 Å². The first kappa shape index (κ1) is 14.2. The van der Waals surface area contributed by atoms with Crippen molar-refractivity contribution < 1.29 is 4.79 Å². The molecule has 0 bridgehead atoms. The van der Waals surface area contributed by atoms with Crippen molar-refractivity contribution in [2.24, 2.45) is 0 Å². The molecule has 1 aromatic rings. The summed E-state index contributed by atoms with van der Waals surface area (Å²) in [6.07, 6.45) is 2.70. The van der Waals surface area contributed by atoms with E-state index in [0.717, 1.165) is 12.8 Å². The second-order valence-corrected chi connectivity index (χ2v) is 4.87. The number of nitrogen functional groups attached to an aromatic ring is 1. The Morgan fingerprint density at radius 2 is 2.15 bits per heavy atom. The third-order valence-corrected chi connectivity index (χ3v) is 3.06. The summed E-state index contributed by atoms with van der Waals surface area (Å²) in [6.45, 7) is 2.26. The summed E-state index contributed by atoms with van der Waals surface area (Å²) in [7, 11) is 0. The summed E-state index contributed by atoms with van der Waals surface area (Å²) >= 11 is 0. The fraction of sp³-hybridized carbons (Fsp3) is 0.583. The molecule has 8 nitrogen and oxygen atoms in total. The van der Waals surface area contributed by atoms with E-state index in [9.17, 15) is 14.4 Å². The molecule has 2 rings (SSSR count). The Hall–Kier alpha value is -2.25. The van der Waals surface area contributed by atoms with Crippen molar-refractivity contribution in [2.75, 3.05) is 17.6 Å². The van der Waals surface area contributed by atoms with Gasteiger partial charge in [0.25, 0.3) is 5.56 Å². The maximum atomic E-state index is 11.7. The first-order chi connectivity index (χ1) is 9.52. The number of aromatic amines is 1. The number of hydrogen-bond donors (Lipinski definition) is 4. The number of nitrogens with zero attached hydrogens (tertiary/aromatic N) is 1. The molecular weight excluding hydrogens is 262 g/mol. The molecule has 1 aliphatic carbocycles. The lowest BCUT2D eigenvalue weighted by Gasteiger charge is -2.13. The number of H-pyrrole nitrogens is 1. The number of aromatic nitrogens is 2. The van der Waals surface area contributed by atoms with Crippen LogP contribution < -0.4 is 27.6 Å². The minimum atomic E-state index is -0.612. The van der Waals surface area contributed by atoms with Crippen molar-refractivity contribution in [1.29, 1.82) is 0 Å². The van der Waals surface area contributed by atoms with Crippen LogP contribution in [-0.2, 0) is 11.3 Å². The third-order valence-electron chi connectivity index (χ3n) is 3.06. The standard InChI is InChI=1S/C12H19N5O3/c1-2-5-17-10(13)9(11(19)16-12(17)20)14-6-8(18)15-7-3-4-7/h7,14H,2-6,13H2,1H3,(H,15,18)(H,16,19,20). The van der Waals surface area contributed by atoms with E-state index in [0.29, 0.717) is 13.0 Å². The maximum absolute atomic E-state index is 11.7. The molecule has 1 aliphatic rings. The van der Waals surface area contributed by atoms with Crippen LogP contribution in [-0.4, -0.2) is 28.0 Å². The number of rotatable bonds is 6. The molecule has 1 aromatic heterocycles. The van der Waals surface area contributed by atoms with Gasteiger partial charge in [-0.2, -0.15) is 0 Å². The maximum Gasteiger partial charge on any atom is 0.330 e. The van der Waals surface area contributed by atoms with Crippen LogP contribution in [0.15, 0.2) is 9.59 Å². The van der Waals surface area contributed by atoms with Gasteiger partial charge in [-0.15, -0.1) is 0 Å². The molecule has 1 heterocycles. The van der Waals surface area contributed by atoms with Gasteiger partial charge in [-0.1, -0.05) is 6.92 Å². The molecule has 5 N–H and O–H groups in total. The minimum Gasteiger partial charge on any atom is -0.383 e. The van der Waals surface area contributed by atoms with Gasteiger partial charge in [0.05, 0.1) is 6.54 Å². The van der Waals surface area contributed by atoms with Crippen LogP contribution in [0, 0.1) is 0 Å². The summed E-state index contributed by atoms with van der Waals surface area (Å²) in [5, 5.41) is 5.49. The molecule has 1 amide bonds. The molecule has 0 radical (unpaired) electrons. The van der Waals surface area contributed by atoms with Crippen LogP contribution in [0.5, 0.6) is 0 Å². The van der Waals surface area contributed by atoms with E-state index >= 15 is 0 Å². The lowest BCUT2D eigenvalue weighted by atomic mass is 10.4. The summed E-state index contributed by atoms with van der Waals surface area (Å²) in [6, 6.07) is 0.258. The zero-order valence-corrected chi connectivity index (χ0v) is 11.4. The molecule has 1 saturated carbocycles. The Morgan fingerprint density at radius 3 is 2.75 bits per heavy atom. The quantitative estimate of drug-likeness (QED) is 0.545. The highest BCUT2D eigenvalue weighted by molar-refractivity contribution is 5.82. The number of nitrogens with two attached hydrogens (primary N) is 1. The molecule has 0 saturated heterocycles. The van der Waals surface area contributed by atoms with Crippen LogP contribution in [0.2, 0.25) is 0 Å². The molecule has 0 aromatic carbocycles. The van der Waals surface area contributed by atoms with Gasteiger partial charge in [0.2, 0.25) is 5.91 Å². The summed E-state index contributed by atoms with van der Waals surface area (Å²) in [5.41, 5.74) is 4.73. The minimum absolute atomic E-state index is 0.0475. The van der Waals surface area contributed by atoms with Crippen LogP contribution in [0.1, 0.15) is 26.2 Å². The smallest absolute Gasteiger partial charge is 0.330 e. The zero-order valence-electron chi connectivity index (χ0n) is 11.4. The van der Waals surface area contributed by atoms with E-state index in [2.05, 4.69) is 15.6 Å². The molecule has 0 atom stereocenters. The van der Waals surface area contributed by atoms with Crippen molar-refractivity contribution in [3.05, 3.63) is 20.8 Å². The normalized spacial score (nSPS) is 14.1. The van der Waals surface area contributed by atoms with E-state index in [1.807, 2.05) is 6.92 Å². The van der Waals surface area contributed by atoms with Gasteiger partial charge >= 0.3 is 5.69 Å². The van der Waals surface area contributed by atoms with E-state index in [-0.39, 0.29) is 30.0 Å². The monoisotopic (exact) mass is 281 g/mol. The summed E-state index contributed by atoms with van der Waals surface area (Å²) < 4.78 is 1.28. The SMILES string of the molecule is CCCn1c(N)c(NCC(=O)NC2CC2)c(=O)[nH]c1=O. The molecule has 1 fully saturated rings.